The van der Waals surface area contributed by atoms with Crippen LogP contribution in [0.3, 0.4) is 0 Å². The summed E-state index contributed by atoms with van der Waals surface area (Å²) in [6.07, 6.45) is 10.6. The fraction of sp³-hybridized carbons (Fsp3) is 0.619. The summed E-state index contributed by atoms with van der Waals surface area (Å²) in [6.45, 7) is 4.03. The first kappa shape index (κ1) is 21.2. The molecule has 4 nitrogen and oxygen atoms in total. The molecule has 0 aliphatic carbocycles. The highest BCUT2D eigenvalue weighted by atomic mass is 16.5. The molecule has 0 bridgehead atoms. The number of carbonyl (C=O) groups is 2. The van der Waals surface area contributed by atoms with E-state index in [2.05, 4.69) is 6.92 Å². The molecule has 25 heavy (non-hydrogen) atoms. The van der Waals surface area contributed by atoms with Crippen molar-refractivity contribution in [2.75, 3.05) is 14.2 Å². The lowest BCUT2D eigenvalue weighted by molar-refractivity contribution is 0.0553. The zero-order chi connectivity index (χ0) is 18.7. The topological polar surface area (TPSA) is 52.6 Å². The van der Waals surface area contributed by atoms with Gasteiger partial charge in [0.25, 0.3) is 0 Å². The van der Waals surface area contributed by atoms with Crippen molar-refractivity contribution in [3.05, 3.63) is 34.4 Å². The van der Waals surface area contributed by atoms with Crippen LogP contribution >= 0.6 is 0 Å². The summed E-state index contributed by atoms with van der Waals surface area (Å²) in [4.78, 5) is 24.3. The minimum absolute atomic E-state index is 0.325. The van der Waals surface area contributed by atoms with E-state index >= 15 is 0 Å². The van der Waals surface area contributed by atoms with Gasteiger partial charge in [0.1, 0.15) is 0 Å². The van der Waals surface area contributed by atoms with Crippen LogP contribution in [0.15, 0.2) is 12.1 Å². The van der Waals surface area contributed by atoms with E-state index in [1.165, 1.54) is 52.7 Å². The van der Waals surface area contributed by atoms with Gasteiger partial charge >= 0.3 is 11.9 Å². The van der Waals surface area contributed by atoms with Crippen molar-refractivity contribution < 1.29 is 19.1 Å². The van der Waals surface area contributed by atoms with Crippen LogP contribution in [0.4, 0.5) is 0 Å². The van der Waals surface area contributed by atoms with Crippen molar-refractivity contribution in [2.45, 2.75) is 71.6 Å². The van der Waals surface area contributed by atoms with Crippen molar-refractivity contribution in [3.8, 4) is 0 Å². The number of benzene rings is 1. The number of unbranched alkanes of at least 4 members (excludes halogenated alkanes) is 7. The Bertz CT molecular complexity index is 563. The number of aryl methyl sites for hydroxylation is 2. The maximum Gasteiger partial charge on any atom is 0.339 e. The van der Waals surface area contributed by atoms with Gasteiger partial charge in [0, 0.05) is 0 Å². The fourth-order valence-electron chi connectivity index (χ4n) is 3.11. The van der Waals surface area contributed by atoms with Crippen LogP contribution in [-0.4, -0.2) is 26.2 Å². The summed E-state index contributed by atoms with van der Waals surface area (Å²) in [5.74, 6) is -0.964. The number of hydrogen-bond donors (Lipinski definition) is 0. The van der Waals surface area contributed by atoms with Gasteiger partial charge in [-0.05, 0) is 30.9 Å². The number of rotatable bonds is 11. The van der Waals surface area contributed by atoms with Crippen molar-refractivity contribution >= 4 is 11.9 Å². The smallest absolute Gasteiger partial charge is 0.339 e. The van der Waals surface area contributed by atoms with Crippen LogP contribution in [0.1, 0.15) is 90.1 Å². The largest absolute Gasteiger partial charge is 0.465 e. The second-order valence-corrected chi connectivity index (χ2v) is 6.50. The molecular weight excluding hydrogens is 316 g/mol. The summed E-state index contributed by atoms with van der Waals surface area (Å²) in [5, 5.41) is 0. The van der Waals surface area contributed by atoms with E-state index in [1.807, 2.05) is 12.1 Å². The molecule has 0 aromatic heterocycles. The molecule has 0 saturated carbocycles. The normalized spacial score (nSPS) is 10.6. The average Bonchev–Trinajstić information content (AvgIpc) is 2.63. The lowest BCUT2D eigenvalue weighted by Gasteiger charge is -2.14. The third-order valence-electron chi connectivity index (χ3n) is 4.58. The van der Waals surface area contributed by atoms with E-state index in [1.54, 1.807) is 6.92 Å². The summed E-state index contributed by atoms with van der Waals surface area (Å²) < 4.78 is 9.75. The van der Waals surface area contributed by atoms with Crippen molar-refractivity contribution in [1.82, 2.24) is 0 Å². The second-order valence-electron chi connectivity index (χ2n) is 6.50. The first-order valence-electron chi connectivity index (χ1n) is 9.35. The third kappa shape index (κ3) is 6.52. The van der Waals surface area contributed by atoms with E-state index in [9.17, 15) is 9.59 Å². The molecule has 0 spiro atoms. The van der Waals surface area contributed by atoms with Crippen LogP contribution < -0.4 is 0 Å². The van der Waals surface area contributed by atoms with Crippen LogP contribution in [0.5, 0.6) is 0 Å². The molecule has 0 amide bonds. The van der Waals surface area contributed by atoms with Gasteiger partial charge in [-0.15, -0.1) is 0 Å². The molecule has 0 fully saturated rings. The second kappa shape index (κ2) is 11.7. The van der Waals surface area contributed by atoms with E-state index in [-0.39, 0.29) is 0 Å². The Kier molecular flexibility index (Phi) is 9.90. The van der Waals surface area contributed by atoms with Gasteiger partial charge in [0.05, 0.1) is 25.3 Å². The molecule has 140 valence electrons. The van der Waals surface area contributed by atoms with Crippen molar-refractivity contribution in [3.63, 3.8) is 0 Å². The number of esters is 2. The first-order chi connectivity index (χ1) is 12.1. The SMILES string of the molecule is CCCCCCCCCCc1ccc(C)c(C(=O)OC)c1C(=O)OC. The number of ether oxygens (including phenoxy) is 2. The lowest BCUT2D eigenvalue weighted by atomic mass is 9.93. The third-order valence-corrected chi connectivity index (χ3v) is 4.58. The van der Waals surface area contributed by atoms with Gasteiger partial charge in [-0.25, -0.2) is 9.59 Å². The van der Waals surface area contributed by atoms with E-state index in [0.29, 0.717) is 11.1 Å². The molecule has 0 aliphatic heterocycles. The van der Waals surface area contributed by atoms with Crippen molar-refractivity contribution in [1.29, 1.82) is 0 Å². The summed E-state index contributed by atoms with van der Waals surface area (Å²) in [5.41, 5.74) is 2.28. The Morgan fingerprint density at radius 1 is 0.800 bits per heavy atom. The van der Waals surface area contributed by atoms with Crippen LogP contribution in [0.2, 0.25) is 0 Å². The summed E-state index contributed by atoms with van der Waals surface area (Å²) >= 11 is 0. The zero-order valence-electron chi connectivity index (χ0n) is 16.2. The molecule has 4 heteroatoms. The molecule has 0 radical (unpaired) electrons. The number of methoxy groups -OCH3 is 2. The van der Waals surface area contributed by atoms with E-state index in [0.717, 1.165) is 30.4 Å². The average molecular weight is 348 g/mol. The first-order valence-corrected chi connectivity index (χ1v) is 9.35. The Morgan fingerprint density at radius 3 is 1.88 bits per heavy atom. The Hall–Kier alpha value is -1.84. The highest BCUT2D eigenvalue weighted by molar-refractivity contribution is 6.05. The predicted molar refractivity (Wildman–Crippen MR) is 100 cm³/mol. The zero-order valence-corrected chi connectivity index (χ0v) is 16.2. The molecule has 1 aromatic rings. The summed E-state index contributed by atoms with van der Waals surface area (Å²) in [7, 11) is 2.67. The van der Waals surface area contributed by atoms with Gasteiger partial charge < -0.3 is 9.47 Å². The van der Waals surface area contributed by atoms with Gasteiger partial charge in [-0.3, -0.25) is 0 Å². The molecule has 1 rings (SSSR count). The van der Waals surface area contributed by atoms with Gasteiger partial charge in [0.2, 0.25) is 0 Å². The highest BCUT2D eigenvalue weighted by Crippen LogP contribution is 2.23. The van der Waals surface area contributed by atoms with Gasteiger partial charge in [-0.2, -0.15) is 0 Å². The standard InChI is InChI=1S/C21H32O4/c1-5-6-7-8-9-10-11-12-13-17-15-14-16(2)18(20(22)24-3)19(17)21(23)25-4/h14-15H,5-13H2,1-4H3. The minimum Gasteiger partial charge on any atom is -0.465 e. The monoisotopic (exact) mass is 348 g/mol. The van der Waals surface area contributed by atoms with Crippen molar-refractivity contribution in [2.24, 2.45) is 0 Å². The number of hydrogen-bond acceptors (Lipinski definition) is 4. The van der Waals surface area contributed by atoms with E-state index < -0.39 is 11.9 Å². The molecular formula is C21H32O4. The Labute approximate surface area is 151 Å². The number of carbonyl (C=O) groups excluding carboxylic acids is 2. The Balaban J connectivity index is 2.73. The maximum absolute atomic E-state index is 12.2. The Morgan fingerprint density at radius 2 is 1.32 bits per heavy atom. The van der Waals surface area contributed by atoms with Crippen LogP contribution in [0, 0.1) is 6.92 Å². The van der Waals surface area contributed by atoms with E-state index in [4.69, 9.17) is 9.47 Å². The predicted octanol–water partition coefficient (Wildman–Crippen LogP) is 5.25. The molecule has 0 N–H and O–H groups in total. The summed E-state index contributed by atoms with van der Waals surface area (Å²) in [6, 6.07) is 3.80. The van der Waals surface area contributed by atoms with Gasteiger partial charge in [0.15, 0.2) is 0 Å². The molecule has 1 aromatic carbocycles. The van der Waals surface area contributed by atoms with Gasteiger partial charge in [-0.1, -0.05) is 64.0 Å². The highest BCUT2D eigenvalue weighted by Gasteiger charge is 2.24. The molecule has 0 aliphatic rings. The quantitative estimate of drug-likeness (QED) is 0.405. The molecule has 0 saturated heterocycles. The molecule has 0 heterocycles. The maximum atomic E-state index is 12.2. The lowest BCUT2D eigenvalue weighted by Crippen LogP contribution is -2.16. The molecule has 0 unspecified atom stereocenters. The van der Waals surface area contributed by atoms with Crippen LogP contribution in [-0.2, 0) is 15.9 Å². The fourth-order valence-corrected chi connectivity index (χ4v) is 3.11. The minimum atomic E-state index is -0.490. The molecule has 0 atom stereocenters. The van der Waals surface area contributed by atoms with Crippen LogP contribution in [0.25, 0.3) is 0 Å².